The molecule has 3 rings (SSSR count). The van der Waals surface area contributed by atoms with Crippen LogP contribution in [0.5, 0.6) is 5.75 Å². The zero-order valence-corrected chi connectivity index (χ0v) is 14.9. The number of carbonyl (C=O) groups excluding carboxylic acids is 1. The second-order valence-corrected chi connectivity index (χ2v) is 7.18. The highest BCUT2D eigenvalue weighted by molar-refractivity contribution is 5.94. The Bertz CT molecular complexity index is 617. The van der Waals surface area contributed by atoms with Crippen molar-refractivity contribution < 1.29 is 18.3 Å². The number of amides is 1. The van der Waals surface area contributed by atoms with E-state index in [0.717, 1.165) is 13.1 Å². The molecule has 0 aliphatic carbocycles. The van der Waals surface area contributed by atoms with Crippen molar-refractivity contribution in [3.05, 3.63) is 29.8 Å². The average Bonchev–Trinajstić information content (AvgIpc) is 2.85. The number of hydrogen-bond acceptors (Lipinski definition) is 4. The molecule has 0 spiro atoms. The number of likely N-dealkylation sites (tertiary alicyclic amines) is 2. The molecule has 0 aromatic heterocycles. The molecule has 1 amide bonds. The van der Waals surface area contributed by atoms with Crippen LogP contribution >= 0.6 is 0 Å². The van der Waals surface area contributed by atoms with Gasteiger partial charge in [-0.05, 0) is 31.3 Å². The number of likely N-dealkylation sites (N-methyl/N-ethyl adjacent to an activating group) is 2. The molecule has 0 saturated carbocycles. The quantitative estimate of drug-likeness (QED) is 0.809. The van der Waals surface area contributed by atoms with Crippen LogP contribution in [0, 0.1) is 0 Å². The third kappa shape index (κ3) is 3.93. The molecule has 2 saturated heterocycles. The second-order valence-electron chi connectivity index (χ2n) is 7.18. The SMILES string of the molecule is COc1ccc(C(=O)N(C)C[C@@H]2CC(F)(F)CN2C2CN(C)C2)cc1. The average molecular weight is 353 g/mol. The molecule has 5 nitrogen and oxygen atoms in total. The van der Waals surface area contributed by atoms with E-state index in [-0.39, 0.29) is 31.0 Å². The summed E-state index contributed by atoms with van der Waals surface area (Å²) < 4.78 is 33.0. The van der Waals surface area contributed by atoms with E-state index in [0.29, 0.717) is 17.9 Å². The molecule has 0 unspecified atom stereocenters. The number of hydrogen-bond donors (Lipinski definition) is 0. The lowest BCUT2D eigenvalue weighted by Crippen LogP contribution is -2.60. The van der Waals surface area contributed by atoms with Gasteiger partial charge in [0.1, 0.15) is 5.75 Å². The highest BCUT2D eigenvalue weighted by atomic mass is 19.3. The van der Waals surface area contributed by atoms with E-state index in [1.54, 1.807) is 43.3 Å². The van der Waals surface area contributed by atoms with Gasteiger partial charge in [-0.2, -0.15) is 0 Å². The van der Waals surface area contributed by atoms with E-state index in [2.05, 4.69) is 4.90 Å². The summed E-state index contributed by atoms with van der Waals surface area (Å²) in [6.45, 7) is 1.72. The van der Waals surface area contributed by atoms with Crippen LogP contribution in [0.2, 0.25) is 0 Å². The van der Waals surface area contributed by atoms with Crippen LogP contribution in [0.1, 0.15) is 16.8 Å². The Morgan fingerprint density at radius 2 is 1.96 bits per heavy atom. The number of nitrogens with zero attached hydrogens (tertiary/aromatic N) is 3. The Labute approximate surface area is 147 Å². The van der Waals surface area contributed by atoms with Gasteiger partial charge in [0, 0.05) is 50.7 Å². The molecule has 2 heterocycles. The molecular formula is C18H25F2N3O2. The van der Waals surface area contributed by atoms with Gasteiger partial charge in [-0.25, -0.2) is 8.78 Å². The number of halogens is 2. The monoisotopic (exact) mass is 353 g/mol. The first-order valence-electron chi connectivity index (χ1n) is 8.51. The molecule has 1 atom stereocenters. The summed E-state index contributed by atoms with van der Waals surface area (Å²) in [5.41, 5.74) is 0.531. The van der Waals surface area contributed by atoms with Crippen molar-refractivity contribution >= 4 is 5.91 Å². The lowest BCUT2D eigenvalue weighted by atomic mass is 10.1. The van der Waals surface area contributed by atoms with Crippen molar-refractivity contribution in [1.29, 1.82) is 0 Å². The van der Waals surface area contributed by atoms with E-state index >= 15 is 0 Å². The van der Waals surface area contributed by atoms with Crippen LogP contribution < -0.4 is 4.74 Å². The van der Waals surface area contributed by atoms with Gasteiger partial charge in [-0.3, -0.25) is 9.69 Å². The van der Waals surface area contributed by atoms with Gasteiger partial charge in [-0.1, -0.05) is 0 Å². The van der Waals surface area contributed by atoms with Crippen molar-refractivity contribution in [3.63, 3.8) is 0 Å². The minimum Gasteiger partial charge on any atom is -0.497 e. The highest BCUT2D eigenvalue weighted by Crippen LogP contribution is 2.35. The Morgan fingerprint density at radius 1 is 1.32 bits per heavy atom. The largest absolute Gasteiger partial charge is 0.497 e. The zero-order valence-electron chi connectivity index (χ0n) is 14.9. The summed E-state index contributed by atoms with van der Waals surface area (Å²) in [5.74, 6) is -2.17. The smallest absolute Gasteiger partial charge is 0.262 e. The van der Waals surface area contributed by atoms with Crippen LogP contribution in [-0.2, 0) is 0 Å². The molecule has 2 aliphatic rings. The minimum atomic E-state index is -2.68. The van der Waals surface area contributed by atoms with Crippen molar-refractivity contribution in [2.75, 3.05) is 47.4 Å². The van der Waals surface area contributed by atoms with E-state index in [1.165, 1.54) is 0 Å². The topological polar surface area (TPSA) is 36.0 Å². The lowest BCUT2D eigenvalue weighted by Gasteiger charge is -2.44. The molecule has 0 N–H and O–H groups in total. The van der Waals surface area contributed by atoms with Gasteiger partial charge in [0.15, 0.2) is 0 Å². The first kappa shape index (κ1) is 18.1. The molecular weight excluding hydrogens is 328 g/mol. The summed E-state index contributed by atoms with van der Waals surface area (Å²) in [6.07, 6.45) is -0.187. The standard InChI is InChI=1S/C18H25F2N3O2/c1-21-9-15(10-21)23-12-18(19,20)8-14(23)11-22(2)17(24)13-4-6-16(25-3)7-5-13/h4-7,14-15H,8-12H2,1-3H3/t14-/m0/s1. The normalized spacial score (nSPS) is 24.1. The maximum Gasteiger partial charge on any atom is 0.262 e. The van der Waals surface area contributed by atoms with Gasteiger partial charge >= 0.3 is 0 Å². The van der Waals surface area contributed by atoms with Crippen molar-refractivity contribution in [2.45, 2.75) is 24.4 Å². The molecule has 25 heavy (non-hydrogen) atoms. The minimum absolute atomic E-state index is 0.160. The number of benzene rings is 1. The van der Waals surface area contributed by atoms with E-state index in [4.69, 9.17) is 4.74 Å². The van der Waals surface area contributed by atoms with E-state index < -0.39 is 5.92 Å². The van der Waals surface area contributed by atoms with Gasteiger partial charge in [-0.15, -0.1) is 0 Å². The van der Waals surface area contributed by atoms with Crippen LogP contribution in [-0.4, -0.2) is 86.0 Å². The Kier molecular flexibility index (Phi) is 4.97. The van der Waals surface area contributed by atoms with Crippen molar-refractivity contribution in [3.8, 4) is 5.75 Å². The molecule has 138 valence electrons. The lowest BCUT2D eigenvalue weighted by molar-refractivity contribution is -0.00983. The molecule has 7 heteroatoms. The predicted molar refractivity (Wildman–Crippen MR) is 91.3 cm³/mol. The molecule has 1 aromatic carbocycles. The van der Waals surface area contributed by atoms with Gasteiger partial charge in [0.25, 0.3) is 11.8 Å². The summed E-state index contributed by atoms with van der Waals surface area (Å²) in [6, 6.07) is 6.69. The Balaban J connectivity index is 1.65. The summed E-state index contributed by atoms with van der Waals surface area (Å²) in [5, 5.41) is 0. The maximum absolute atomic E-state index is 13.9. The first-order chi connectivity index (χ1) is 11.8. The fourth-order valence-electron chi connectivity index (χ4n) is 3.75. The number of carbonyl (C=O) groups is 1. The number of rotatable bonds is 5. The fourth-order valence-corrected chi connectivity index (χ4v) is 3.75. The van der Waals surface area contributed by atoms with Crippen LogP contribution in [0.15, 0.2) is 24.3 Å². The Hall–Kier alpha value is -1.73. The van der Waals surface area contributed by atoms with Crippen LogP contribution in [0.25, 0.3) is 0 Å². The van der Waals surface area contributed by atoms with Crippen molar-refractivity contribution in [2.24, 2.45) is 0 Å². The molecule has 0 radical (unpaired) electrons. The second kappa shape index (κ2) is 6.88. The van der Waals surface area contributed by atoms with Gasteiger partial charge in [0.2, 0.25) is 0 Å². The third-order valence-electron chi connectivity index (χ3n) is 5.10. The van der Waals surface area contributed by atoms with Crippen molar-refractivity contribution in [1.82, 2.24) is 14.7 Å². The molecule has 2 fully saturated rings. The van der Waals surface area contributed by atoms with Crippen LogP contribution in [0.4, 0.5) is 8.78 Å². The number of alkyl halides is 2. The molecule has 1 aromatic rings. The Morgan fingerprint density at radius 3 is 2.52 bits per heavy atom. The van der Waals surface area contributed by atoms with Gasteiger partial charge in [0.05, 0.1) is 13.7 Å². The third-order valence-corrected chi connectivity index (χ3v) is 5.10. The maximum atomic E-state index is 13.9. The predicted octanol–water partition coefficient (Wildman–Crippen LogP) is 1.79. The molecule has 2 aliphatic heterocycles. The summed E-state index contributed by atoms with van der Waals surface area (Å²) in [7, 11) is 5.23. The number of ether oxygens (including phenoxy) is 1. The van der Waals surface area contributed by atoms with E-state index in [9.17, 15) is 13.6 Å². The highest BCUT2D eigenvalue weighted by Gasteiger charge is 2.49. The summed E-state index contributed by atoms with van der Waals surface area (Å²) in [4.78, 5) is 18.1. The summed E-state index contributed by atoms with van der Waals surface area (Å²) >= 11 is 0. The number of methoxy groups -OCH3 is 1. The van der Waals surface area contributed by atoms with E-state index in [1.807, 2.05) is 11.9 Å². The first-order valence-corrected chi connectivity index (χ1v) is 8.51. The zero-order chi connectivity index (χ0) is 18.2. The van der Waals surface area contributed by atoms with Gasteiger partial charge < -0.3 is 14.5 Å². The van der Waals surface area contributed by atoms with Crippen LogP contribution in [0.3, 0.4) is 0 Å². The molecule has 0 bridgehead atoms. The fraction of sp³-hybridized carbons (Fsp3) is 0.611.